The third-order valence-electron chi connectivity index (χ3n) is 17.2. The fraction of sp³-hybridized carbons (Fsp3) is 0.945. The predicted octanol–water partition coefficient (Wildman–Crippen LogP) is 20.9. The molecule has 19 heteroatoms. The number of hydrogen-bond acceptors (Lipinski definition) is 15. The summed E-state index contributed by atoms with van der Waals surface area (Å²) in [6, 6.07) is 0. The summed E-state index contributed by atoms with van der Waals surface area (Å²) in [5.41, 5.74) is 0. The van der Waals surface area contributed by atoms with Crippen LogP contribution in [0.4, 0.5) is 0 Å². The van der Waals surface area contributed by atoms with Crippen LogP contribution in [0.1, 0.15) is 364 Å². The van der Waals surface area contributed by atoms with E-state index in [0.717, 1.165) is 108 Å². The number of hydrogen-bond donors (Lipinski definition) is 3. The van der Waals surface area contributed by atoms with Crippen LogP contribution in [0.15, 0.2) is 0 Å². The van der Waals surface area contributed by atoms with Gasteiger partial charge in [-0.2, -0.15) is 0 Å². The molecule has 0 rings (SSSR count). The van der Waals surface area contributed by atoms with Crippen molar-refractivity contribution in [3.05, 3.63) is 0 Å². The van der Waals surface area contributed by atoms with Crippen LogP contribution in [0, 0.1) is 23.7 Å². The summed E-state index contributed by atoms with van der Waals surface area (Å²) in [6.07, 6.45) is 46.0. The lowest BCUT2D eigenvalue weighted by Crippen LogP contribution is -2.30. The quantitative estimate of drug-likeness (QED) is 0.0222. The van der Waals surface area contributed by atoms with Gasteiger partial charge in [0.2, 0.25) is 0 Å². The van der Waals surface area contributed by atoms with Crippen molar-refractivity contribution in [3.8, 4) is 0 Å². The number of ether oxygens (including phenoxy) is 4. The van der Waals surface area contributed by atoms with E-state index in [2.05, 4.69) is 55.4 Å². The summed E-state index contributed by atoms with van der Waals surface area (Å²) >= 11 is 0. The first kappa shape index (κ1) is 90.1. The van der Waals surface area contributed by atoms with Crippen molar-refractivity contribution in [1.82, 2.24) is 0 Å². The Labute approximate surface area is 562 Å². The Hall–Kier alpha value is -1.94. The first-order valence-electron chi connectivity index (χ1n) is 37.7. The molecule has 0 saturated heterocycles. The zero-order valence-corrected chi connectivity index (χ0v) is 62.0. The monoisotopic (exact) mass is 1350 g/mol. The van der Waals surface area contributed by atoms with Crippen molar-refractivity contribution in [1.29, 1.82) is 0 Å². The molecule has 0 aromatic carbocycles. The molecule has 0 bridgehead atoms. The molecule has 546 valence electrons. The molecule has 3 N–H and O–H groups in total. The molecule has 0 aromatic rings. The molecule has 0 heterocycles. The average Bonchev–Trinajstić information content (AvgIpc) is 1.34. The van der Waals surface area contributed by atoms with Crippen LogP contribution in [0.2, 0.25) is 0 Å². The summed E-state index contributed by atoms with van der Waals surface area (Å²) in [7, 11) is -9.91. The number of phosphoric ester groups is 2. The van der Waals surface area contributed by atoms with Crippen molar-refractivity contribution >= 4 is 39.5 Å². The van der Waals surface area contributed by atoms with E-state index in [1.807, 2.05) is 0 Å². The van der Waals surface area contributed by atoms with E-state index in [9.17, 15) is 43.2 Å². The van der Waals surface area contributed by atoms with Crippen molar-refractivity contribution < 1.29 is 80.2 Å². The molecule has 0 aliphatic rings. The van der Waals surface area contributed by atoms with E-state index in [-0.39, 0.29) is 25.7 Å². The highest BCUT2D eigenvalue weighted by Crippen LogP contribution is 2.45. The van der Waals surface area contributed by atoms with E-state index in [1.54, 1.807) is 0 Å². The molecule has 17 nitrogen and oxygen atoms in total. The summed E-state index contributed by atoms with van der Waals surface area (Å²) in [4.78, 5) is 72.6. The summed E-state index contributed by atoms with van der Waals surface area (Å²) < 4.78 is 68.3. The number of aliphatic hydroxyl groups excluding tert-OH is 1. The van der Waals surface area contributed by atoms with E-state index in [1.165, 1.54) is 161 Å². The minimum absolute atomic E-state index is 0.102. The van der Waals surface area contributed by atoms with Crippen LogP contribution in [0.3, 0.4) is 0 Å². The van der Waals surface area contributed by atoms with Gasteiger partial charge in [0, 0.05) is 25.7 Å². The molecular weight excluding hydrogens is 1210 g/mol. The topological polar surface area (TPSA) is 237 Å². The minimum atomic E-state index is -4.96. The normalized spacial score (nSPS) is 14.5. The van der Waals surface area contributed by atoms with Gasteiger partial charge in [-0.1, -0.05) is 312 Å². The van der Waals surface area contributed by atoms with Crippen molar-refractivity contribution in [2.45, 2.75) is 382 Å². The molecule has 0 amide bonds. The van der Waals surface area contributed by atoms with Crippen molar-refractivity contribution in [2.75, 3.05) is 39.6 Å². The van der Waals surface area contributed by atoms with Gasteiger partial charge in [-0.25, -0.2) is 9.13 Å². The van der Waals surface area contributed by atoms with Crippen LogP contribution in [-0.4, -0.2) is 96.7 Å². The Kier molecular flexibility index (Phi) is 61.3. The van der Waals surface area contributed by atoms with Gasteiger partial charge in [-0.15, -0.1) is 0 Å². The second kappa shape index (κ2) is 62.6. The van der Waals surface area contributed by atoms with Gasteiger partial charge in [-0.3, -0.25) is 37.3 Å². The van der Waals surface area contributed by atoms with E-state index in [0.29, 0.717) is 37.5 Å². The van der Waals surface area contributed by atoms with Crippen LogP contribution in [0.5, 0.6) is 0 Å². The predicted molar refractivity (Wildman–Crippen MR) is 372 cm³/mol. The second-order valence-corrected chi connectivity index (χ2v) is 30.9. The highest BCUT2D eigenvalue weighted by Gasteiger charge is 2.30. The number of carbonyl (C=O) groups is 4. The molecule has 92 heavy (non-hydrogen) atoms. The average molecular weight is 1350 g/mol. The van der Waals surface area contributed by atoms with Crippen LogP contribution >= 0.6 is 15.6 Å². The lowest BCUT2D eigenvalue weighted by molar-refractivity contribution is -0.161. The fourth-order valence-electron chi connectivity index (χ4n) is 11.0. The third-order valence-corrected chi connectivity index (χ3v) is 19.1. The number of unbranched alkanes of at least 4 members (excludes halogenated alkanes) is 35. The molecule has 0 aliphatic carbocycles. The molecule has 0 spiro atoms. The lowest BCUT2D eigenvalue weighted by atomic mass is 9.99. The zero-order valence-electron chi connectivity index (χ0n) is 60.2. The van der Waals surface area contributed by atoms with Crippen LogP contribution in [0.25, 0.3) is 0 Å². The van der Waals surface area contributed by atoms with Gasteiger partial charge in [0.05, 0.1) is 26.4 Å². The first-order valence-corrected chi connectivity index (χ1v) is 40.7. The molecular formula is C73H142O17P2. The van der Waals surface area contributed by atoms with Crippen molar-refractivity contribution in [3.63, 3.8) is 0 Å². The van der Waals surface area contributed by atoms with E-state index >= 15 is 0 Å². The number of esters is 4. The lowest BCUT2D eigenvalue weighted by Gasteiger charge is -2.21. The summed E-state index contributed by atoms with van der Waals surface area (Å²) in [5, 5.41) is 10.6. The maximum atomic E-state index is 13.1. The molecule has 0 saturated carbocycles. The minimum Gasteiger partial charge on any atom is -0.462 e. The molecule has 0 fully saturated rings. The van der Waals surface area contributed by atoms with Gasteiger partial charge in [-0.05, 0) is 49.4 Å². The van der Waals surface area contributed by atoms with Gasteiger partial charge < -0.3 is 33.8 Å². The maximum Gasteiger partial charge on any atom is 0.472 e. The Balaban J connectivity index is 5.22. The standard InChI is InChI=1S/C73H142O17P2/c1-9-66(8)52-44-36-27-21-17-12-10-11-13-18-22-28-37-45-53-70(75)83-59-68(89-72(77)55-47-39-29-23-19-15-14-16-20-25-33-41-49-63(2)3)61-87-91(79,80)85-57-67(74)58-86-92(81,82)88-62-69(60-84-71(76)54-46-38-32-31-35-43-51-65(6)7)90-73(78)56-48-40-30-24-26-34-42-50-64(4)5/h63-69,74H,9-62H2,1-8H3,(H,79,80)(H,81,82)/t66?,67-,68-,69-/m1/s1. The Morgan fingerprint density at radius 3 is 0.772 bits per heavy atom. The maximum absolute atomic E-state index is 13.1. The van der Waals surface area contributed by atoms with Gasteiger partial charge in [0.1, 0.15) is 19.3 Å². The largest absolute Gasteiger partial charge is 0.472 e. The zero-order chi connectivity index (χ0) is 68.2. The fourth-order valence-corrected chi connectivity index (χ4v) is 12.6. The number of carbonyl (C=O) groups excluding carboxylic acids is 4. The molecule has 6 atom stereocenters. The number of rotatable bonds is 70. The Morgan fingerprint density at radius 2 is 0.522 bits per heavy atom. The molecule has 0 aromatic heterocycles. The molecule has 3 unspecified atom stereocenters. The smallest absolute Gasteiger partial charge is 0.462 e. The first-order chi connectivity index (χ1) is 44.1. The Morgan fingerprint density at radius 1 is 0.304 bits per heavy atom. The van der Waals surface area contributed by atoms with Crippen molar-refractivity contribution in [2.24, 2.45) is 23.7 Å². The molecule has 0 radical (unpaired) electrons. The summed E-state index contributed by atoms with van der Waals surface area (Å²) in [5.74, 6) is 0.873. The Bertz CT molecular complexity index is 1820. The highest BCUT2D eigenvalue weighted by atomic mass is 31.2. The van der Waals surface area contributed by atoms with Crippen LogP contribution in [-0.2, 0) is 65.4 Å². The number of aliphatic hydroxyl groups is 1. The third kappa shape index (κ3) is 65.4. The molecule has 0 aliphatic heterocycles. The number of phosphoric acid groups is 2. The van der Waals surface area contributed by atoms with Crippen LogP contribution < -0.4 is 0 Å². The van der Waals surface area contributed by atoms with E-state index in [4.69, 9.17) is 37.0 Å². The van der Waals surface area contributed by atoms with Gasteiger partial charge >= 0.3 is 39.5 Å². The van der Waals surface area contributed by atoms with Gasteiger partial charge in [0.25, 0.3) is 0 Å². The second-order valence-electron chi connectivity index (χ2n) is 28.0. The highest BCUT2D eigenvalue weighted by molar-refractivity contribution is 7.47. The van der Waals surface area contributed by atoms with E-state index < -0.39 is 97.5 Å². The SMILES string of the molecule is CCC(C)CCCCCCCCCCCCCCCCC(=O)OC[C@H](COP(=O)(O)OC[C@@H](O)COP(=O)(O)OC[C@@H](COC(=O)CCCCCCCCC(C)C)OC(=O)CCCCCCCCCC(C)C)OC(=O)CCCCCCCCCCCCCCC(C)C. The summed E-state index contributed by atoms with van der Waals surface area (Å²) in [6.45, 7) is 14.1. The van der Waals surface area contributed by atoms with Gasteiger partial charge in [0.15, 0.2) is 12.2 Å².